The lowest BCUT2D eigenvalue weighted by atomic mass is 9.92. The average molecular weight is 379 g/mol. The largest absolute Gasteiger partial charge is 0.492 e. The van der Waals surface area contributed by atoms with E-state index in [1.54, 1.807) is 0 Å². The lowest BCUT2D eigenvalue weighted by Gasteiger charge is -2.23. The first kappa shape index (κ1) is 19.8. The minimum absolute atomic E-state index is 0. The molecule has 2 N–H and O–H groups in total. The third-order valence-corrected chi connectivity index (χ3v) is 4.94. The molecular formula is C17H22ClF3N2O2. The lowest BCUT2D eigenvalue weighted by Crippen LogP contribution is -2.35. The summed E-state index contributed by atoms with van der Waals surface area (Å²) in [7, 11) is 0. The van der Waals surface area contributed by atoms with Gasteiger partial charge in [0.05, 0.1) is 12.1 Å². The molecule has 1 heterocycles. The molecule has 25 heavy (non-hydrogen) atoms. The van der Waals surface area contributed by atoms with Crippen molar-refractivity contribution >= 4 is 18.3 Å². The normalized spacial score (nSPS) is 21.3. The topological polar surface area (TPSA) is 50.4 Å². The molecule has 0 radical (unpaired) electrons. The molecule has 0 bridgehead atoms. The summed E-state index contributed by atoms with van der Waals surface area (Å²) in [4.78, 5) is 12.1. The fraction of sp³-hybridized carbons (Fsp3) is 0.588. The molecule has 2 fully saturated rings. The highest BCUT2D eigenvalue weighted by Gasteiger charge is 2.57. The van der Waals surface area contributed by atoms with Crippen molar-refractivity contribution in [1.29, 1.82) is 0 Å². The maximum Gasteiger partial charge on any atom is 0.416 e. The molecule has 8 heteroatoms. The number of alkyl halides is 3. The molecule has 0 aromatic heterocycles. The molecule has 140 valence electrons. The van der Waals surface area contributed by atoms with Crippen LogP contribution < -0.4 is 15.4 Å². The van der Waals surface area contributed by atoms with Crippen LogP contribution in [0.5, 0.6) is 5.75 Å². The van der Waals surface area contributed by atoms with E-state index in [1.165, 1.54) is 12.1 Å². The van der Waals surface area contributed by atoms with Crippen LogP contribution in [0.3, 0.4) is 0 Å². The summed E-state index contributed by atoms with van der Waals surface area (Å²) in [6.07, 6.45) is -1.38. The zero-order valence-corrected chi connectivity index (χ0v) is 14.5. The molecule has 1 saturated carbocycles. The van der Waals surface area contributed by atoms with Gasteiger partial charge in [0.25, 0.3) is 0 Å². The third kappa shape index (κ3) is 4.79. The molecule has 1 aromatic rings. The second-order valence-electron chi connectivity index (χ2n) is 6.53. The highest BCUT2D eigenvalue weighted by Crippen LogP contribution is 2.58. The van der Waals surface area contributed by atoms with Gasteiger partial charge < -0.3 is 15.4 Å². The van der Waals surface area contributed by atoms with Crippen LogP contribution in [-0.4, -0.2) is 32.1 Å². The van der Waals surface area contributed by atoms with Crippen molar-refractivity contribution in [3.63, 3.8) is 0 Å². The van der Waals surface area contributed by atoms with E-state index in [0.717, 1.165) is 44.5 Å². The van der Waals surface area contributed by atoms with E-state index in [4.69, 9.17) is 4.74 Å². The number of carbonyl (C=O) groups is 1. The smallest absolute Gasteiger partial charge is 0.416 e. The Morgan fingerprint density at radius 1 is 1.32 bits per heavy atom. The molecule has 1 aliphatic heterocycles. The van der Waals surface area contributed by atoms with Crippen molar-refractivity contribution in [1.82, 2.24) is 10.6 Å². The quantitative estimate of drug-likeness (QED) is 0.774. The monoisotopic (exact) mass is 378 g/mol. The maximum absolute atomic E-state index is 12.6. The average Bonchev–Trinajstić information content (AvgIpc) is 3.25. The Morgan fingerprint density at radius 3 is 2.72 bits per heavy atom. The summed E-state index contributed by atoms with van der Waals surface area (Å²) in [5.41, 5.74) is -0.563. The van der Waals surface area contributed by atoms with Crippen LogP contribution in [-0.2, 0) is 11.0 Å². The Labute approximate surface area is 150 Å². The van der Waals surface area contributed by atoms with E-state index in [1.807, 2.05) is 0 Å². The lowest BCUT2D eigenvalue weighted by molar-refractivity contribution is -0.137. The van der Waals surface area contributed by atoms with Crippen molar-refractivity contribution in [2.24, 2.45) is 11.3 Å². The van der Waals surface area contributed by atoms with E-state index in [-0.39, 0.29) is 42.0 Å². The minimum atomic E-state index is -4.39. The maximum atomic E-state index is 12.6. The summed E-state index contributed by atoms with van der Waals surface area (Å²) in [6, 6.07) is 4.75. The Balaban J connectivity index is 0.00000225. The van der Waals surface area contributed by atoms with Gasteiger partial charge in [-0.25, -0.2) is 0 Å². The molecule has 1 spiro atoms. The van der Waals surface area contributed by atoms with Crippen molar-refractivity contribution in [3.8, 4) is 5.75 Å². The Morgan fingerprint density at radius 2 is 2.04 bits per heavy atom. The van der Waals surface area contributed by atoms with Gasteiger partial charge in [-0.2, -0.15) is 13.2 Å². The van der Waals surface area contributed by atoms with Crippen molar-refractivity contribution < 1.29 is 22.7 Å². The second kappa shape index (κ2) is 7.83. The number of hydrogen-bond acceptors (Lipinski definition) is 3. The Kier molecular flexibility index (Phi) is 6.21. The first-order valence-electron chi connectivity index (χ1n) is 8.19. The van der Waals surface area contributed by atoms with Crippen LogP contribution in [0.4, 0.5) is 13.2 Å². The van der Waals surface area contributed by atoms with Crippen LogP contribution in [0.1, 0.15) is 24.8 Å². The summed E-state index contributed by atoms with van der Waals surface area (Å²) in [5, 5.41) is 6.12. The van der Waals surface area contributed by atoms with E-state index < -0.39 is 11.7 Å². The van der Waals surface area contributed by atoms with Gasteiger partial charge in [-0.15, -0.1) is 12.4 Å². The summed E-state index contributed by atoms with van der Waals surface area (Å²) in [5.74, 6) is 0.262. The predicted molar refractivity (Wildman–Crippen MR) is 89.8 cm³/mol. The van der Waals surface area contributed by atoms with Gasteiger partial charge in [0.15, 0.2) is 0 Å². The van der Waals surface area contributed by atoms with Crippen LogP contribution in [0.25, 0.3) is 0 Å². The van der Waals surface area contributed by atoms with Gasteiger partial charge in [0.1, 0.15) is 12.4 Å². The molecule has 4 nitrogen and oxygen atoms in total. The highest BCUT2D eigenvalue weighted by molar-refractivity contribution is 5.85. The van der Waals surface area contributed by atoms with Crippen LogP contribution >= 0.6 is 12.4 Å². The first-order chi connectivity index (χ1) is 11.4. The van der Waals surface area contributed by atoms with E-state index >= 15 is 0 Å². The summed E-state index contributed by atoms with van der Waals surface area (Å²) < 4.78 is 43.1. The molecule has 1 amide bonds. The number of carbonyl (C=O) groups excluding carboxylic acids is 1. The molecule has 1 aliphatic carbocycles. The zero-order valence-electron chi connectivity index (χ0n) is 13.7. The second-order valence-corrected chi connectivity index (χ2v) is 6.53. The number of ether oxygens (including phenoxy) is 1. The van der Waals surface area contributed by atoms with E-state index in [2.05, 4.69) is 10.6 Å². The van der Waals surface area contributed by atoms with Gasteiger partial charge in [-0.3, -0.25) is 4.79 Å². The van der Waals surface area contributed by atoms with Gasteiger partial charge in [-0.05, 0) is 56.0 Å². The fourth-order valence-corrected chi connectivity index (χ4v) is 3.42. The van der Waals surface area contributed by atoms with Crippen LogP contribution in [0, 0.1) is 11.3 Å². The van der Waals surface area contributed by atoms with Crippen molar-refractivity contribution in [2.75, 3.05) is 26.2 Å². The molecule has 2 aliphatic rings. The Bertz CT molecular complexity index is 604. The molecule has 1 atom stereocenters. The van der Waals surface area contributed by atoms with Crippen LogP contribution in [0.2, 0.25) is 0 Å². The van der Waals surface area contributed by atoms with Gasteiger partial charge in [0, 0.05) is 5.92 Å². The number of amides is 1. The van der Waals surface area contributed by atoms with Gasteiger partial charge in [0.2, 0.25) is 5.91 Å². The number of benzene rings is 1. The summed E-state index contributed by atoms with van der Waals surface area (Å²) >= 11 is 0. The number of hydrogen-bond donors (Lipinski definition) is 2. The van der Waals surface area contributed by atoms with Gasteiger partial charge >= 0.3 is 6.18 Å². The van der Waals surface area contributed by atoms with E-state index in [0.29, 0.717) is 6.54 Å². The highest BCUT2D eigenvalue weighted by atomic mass is 35.5. The Hall–Kier alpha value is -1.47. The number of rotatable bonds is 5. The van der Waals surface area contributed by atoms with Crippen molar-refractivity contribution in [2.45, 2.75) is 25.4 Å². The van der Waals surface area contributed by atoms with Crippen LogP contribution in [0.15, 0.2) is 24.3 Å². The number of halogens is 4. The number of nitrogens with one attached hydrogen (secondary N) is 2. The number of piperidine rings is 1. The zero-order chi connectivity index (χ0) is 17.2. The van der Waals surface area contributed by atoms with Gasteiger partial charge in [-0.1, -0.05) is 6.07 Å². The SMILES string of the molecule is Cl.O=C(NCCOc1cccc(C(F)(F)F)c1)C1CC12CCNCC2. The molecule has 1 aromatic carbocycles. The van der Waals surface area contributed by atoms with Crippen molar-refractivity contribution in [3.05, 3.63) is 29.8 Å². The predicted octanol–water partition coefficient (Wildman–Crippen LogP) is 3.01. The minimum Gasteiger partial charge on any atom is -0.492 e. The molecule has 1 saturated heterocycles. The van der Waals surface area contributed by atoms with E-state index in [9.17, 15) is 18.0 Å². The fourth-order valence-electron chi connectivity index (χ4n) is 3.42. The molecule has 1 unspecified atom stereocenters. The summed E-state index contributed by atoms with van der Waals surface area (Å²) in [6.45, 7) is 2.36. The molecule has 3 rings (SSSR count). The standard InChI is InChI=1S/C17H21F3N2O2.ClH/c18-17(19,20)12-2-1-3-13(10-12)24-9-8-22-15(23)14-11-16(14)4-6-21-7-5-16;/h1-3,10,14,21H,4-9,11H2,(H,22,23);1H. The molecular weight excluding hydrogens is 357 g/mol. The third-order valence-electron chi connectivity index (χ3n) is 4.94. The first-order valence-corrected chi connectivity index (χ1v) is 8.19.